The second-order valence-corrected chi connectivity index (χ2v) is 12.5. The first-order valence-electron chi connectivity index (χ1n) is 13.5. The molecule has 3 aromatic carbocycles. The van der Waals surface area contributed by atoms with Gasteiger partial charge in [0.2, 0.25) is 11.8 Å². The first kappa shape index (κ1) is 34.1. The number of nitro groups is 1. The number of nitrogens with zero attached hydrogens (tertiary/aromatic N) is 3. The van der Waals surface area contributed by atoms with Gasteiger partial charge in [0.1, 0.15) is 24.1 Å². The van der Waals surface area contributed by atoms with Gasteiger partial charge in [0.15, 0.2) is 0 Å². The van der Waals surface area contributed by atoms with Crippen LogP contribution < -0.4 is 19.1 Å². The summed E-state index contributed by atoms with van der Waals surface area (Å²) in [6.45, 7) is 5.73. The van der Waals surface area contributed by atoms with Crippen molar-refractivity contribution in [1.82, 2.24) is 10.2 Å². The van der Waals surface area contributed by atoms with Crippen LogP contribution in [0, 0.1) is 17.0 Å². The smallest absolute Gasteiger partial charge is 0.273 e. The Hall–Kier alpha value is -4.36. The van der Waals surface area contributed by atoms with E-state index in [0.717, 1.165) is 10.4 Å². The zero-order valence-corrected chi connectivity index (χ0v) is 26.8. The standard InChI is InChI=1S/C30H35ClN4O8S/c1-19(2)32-30(37)21(4)33(17-22-8-7-9-24(14-22)42-5)29(36)18-34(27-15-23(31)11-13-28(27)43-6)44(40,41)25-12-10-20(3)26(16-25)35(38)39/h7-16,19,21H,17-18H2,1-6H3,(H,32,37). The van der Waals surface area contributed by atoms with Crippen LogP contribution >= 0.6 is 11.6 Å². The van der Waals surface area contributed by atoms with Gasteiger partial charge in [-0.2, -0.15) is 0 Å². The summed E-state index contributed by atoms with van der Waals surface area (Å²) in [5, 5.41) is 14.6. The van der Waals surface area contributed by atoms with Crippen molar-refractivity contribution in [2.75, 3.05) is 25.1 Å². The molecule has 0 fully saturated rings. The summed E-state index contributed by atoms with van der Waals surface area (Å²) in [5.41, 5.74) is 0.406. The highest BCUT2D eigenvalue weighted by Gasteiger charge is 2.35. The third kappa shape index (κ3) is 7.97. The number of anilines is 1. The Morgan fingerprint density at radius 3 is 2.34 bits per heavy atom. The lowest BCUT2D eigenvalue weighted by molar-refractivity contribution is -0.385. The Morgan fingerprint density at radius 1 is 1.02 bits per heavy atom. The molecular weight excluding hydrogens is 612 g/mol. The fourth-order valence-corrected chi connectivity index (χ4v) is 6.00. The lowest BCUT2D eigenvalue weighted by atomic mass is 10.1. The molecule has 0 aromatic heterocycles. The number of aryl methyl sites for hydroxylation is 1. The third-order valence-electron chi connectivity index (χ3n) is 6.74. The highest BCUT2D eigenvalue weighted by molar-refractivity contribution is 7.92. The number of halogens is 1. The van der Waals surface area contributed by atoms with Crippen LogP contribution in [0.1, 0.15) is 31.9 Å². The molecule has 0 bridgehead atoms. The first-order chi connectivity index (χ1) is 20.7. The van der Waals surface area contributed by atoms with E-state index >= 15 is 0 Å². The normalized spacial score (nSPS) is 11.9. The first-order valence-corrected chi connectivity index (χ1v) is 15.4. The fourth-order valence-electron chi connectivity index (χ4n) is 4.40. The largest absolute Gasteiger partial charge is 0.497 e. The minimum atomic E-state index is -4.63. The molecular formula is C30H35ClN4O8S. The minimum absolute atomic E-state index is 0.0563. The van der Waals surface area contributed by atoms with E-state index in [1.54, 1.807) is 38.1 Å². The van der Waals surface area contributed by atoms with Crippen molar-refractivity contribution in [3.8, 4) is 11.5 Å². The van der Waals surface area contributed by atoms with Gasteiger partial charge in [0, 0.05) is 29.2 Å². The second-order valence-electron chi connectivity index (χ2n) is 10.2. The van der Waals surface area contributed by atoms with Gasteiger partial charge >= 0.3 is 0 Å². The number of carbonyl (C=O) groups is 2. The predicted octanol–water partition coefficient (Wildman–Crippen LogP) is 4.71. The number of methoxy groups -OCH3 is 2. The summed E-state index contributed by atoms with van der Waals surface area (Å²) in [7, 11) is -1.81. The summed E-state index contributed by atoms with van der Waals surface area (Å²) in [6, 6.07) is 13.4. The highest BCUT2D eigenvalue weighted by atomic mass is 35.5. The van der Waals surface area contributed by atoms with Crippen molar-refractivity contribution in [2.45, 2.75) is 51.2 Å². The molecule has 0 saturated heterocycles. The van der Waals surface area contributed by atoms with E-state index in [0.29, 0.717) is 11.3 Å². The monoisotopic (exact) mass is 646 g/mol. The van der Waals surface area contributed by atoms with Gasteiger partial charge in [0.25, 0.3) is 15.7 Å². The maximum Gasteiger partial charge on any atom is 0.273 e. The molecule has 12 nitrogen and oxygen atoms in total. The van der Waals surface area contributed by atoms with Crippen LogP contribution in [0.15, 0.2) is 65.6 Å². The molecule has 0 spiro atoms. The Labute approximate surface area is 261 Å². The van der Waals surface area contributed by atoms with Crippen LogP contribution in [-0.2, 0) is 26.2 Å². The molecule has 14 heteroatoms. The number of benzene rings is 3. The predicted molar refractivity (Wildman–Crippen MR) is 167 cm³/mol. The zero-order chi connectivity index (χ0) is 32.8. The second kappa shape index (κ2) is 14.4. The molecule has 236 valence electrons. The highest BCUT2D eigenvalue weighted by Crippen LogP contribution is 2.36. The molecule has 2 amide bonds. The number of nitrogens with one attached hydrogen (secondary N) is 1. The van der Waals surface area contributed by atoms with Crippen LogP contribution in [0.3, 0.4) is 0 Å². The maximum atomic E-state index is 14.2. The van der Waals surface area contributed by atoms with Crippen molar-refractivity contribution in [3.63, 3.8) is 0 Å². The summed E-state index contributed by atoms with van der Waals surface area (Å²) in [4.78, 5) is 39.0. The number of carbonyl (C=O) groups excluding carboxylic acids is 2. The third-order valence-corrected chi connectivity index (χ3v) is 8.73. The molecule has 0 aliphatic rings. The van der Waals surface area contributed by atoms with E-state index in [9.17, 15) is 28.1 Å². The lowest BCUT2D eigenvalue weighted by Crippen LogP contribution is -2.52. The molecule has 3 rings (SSSR count). The number of sulfonamides is 1. The van der Waals surface area contributed by atoms with Crippen molar-refractivity contribution < 1.29 is 32.4 Å². The Balaban J connectivity index is 2.17. The van der Waals surface area contributed by atoms with Crippen LogP contribution in [0.4, 0.5) is 11.4 Å². The van der Waals surface area contributed by atoms with E-state index in [4.69, 9.17) is 21.1 Å². The van der Waals surface area contributed by atoms with Gasteiger partial charge in [-0.1, -0.05) is 29.8 Å². The summed E-state index contributed by atoms with van der Waals surface area (Å²) in [5.74, 6) is -0.563. The van der Waals surface area contributed by atoms with Gasteiger partial charge in [-0.05, 0) is 69.7 Å². The molecule has 44 heavy (non-hydrogen) atoms. The van der Waals surface area contributed by atoms with Crippen LogP contribution in [0.2, 0.25) is 5.02 Å². The SMILES string of the molecule is COc1cccc(CN(C(=O)CN(c2cc(Cl)ccc2OC)S(=O)(=O)c2ccc(C)c([N+](=O)[O-])c2)C(C)C(=O)NC(C)C)c1. The zero-order valence-electron chi connectivity index (χ0n) is 25.2. The Bertz CT molecular complexity index is 1650. The van der Waals surface area contributed by atoms with Crippen LogP contribution in [0.5, 0.6) is 11.5 Å². The minimum Gasteiger partial charge on any atom is -0.497 e. The molecule has 1 atom stereocenters. The van der Waals surface area contributed by atoms with E-state index in [2.05, 4.69) is 5.32 Å². The van der Waals surface area contributed by atoms with E-state index in [1.807, 2.05) is 0 Å². The quantitative estimate of drug-likeness (QED) is 0.207. The number of hydrogen-bond acceptors (Lipinski definition) is 8. The van der Waals surface area contributed by atoms with E-state index in [-0.39, 0.29) is 34.6 Å². The number of nitro benzene ring substituents is 1. The maximum absolute atomic E-state index is 14.2. The van der Waals surface area contributed by atoms with E-state index in [1.165, 1.54) is 63.3 Å². The topological polar surface area (TPSA) is 148 Å². The van der Waals surface area contributed by atoms with Crippen molar-refractivity contribution in [3.05, 3.63) is 86.9 Å². The lowest BCUT2D eigenvalue weighted by Gasteiger charge is -2.32. The van der Waals surface area contributed by atoms with Gasteiger partial charge in [-0.15, -0.1) is 0 Å². The molecule has 0 radical (unpaired) electrons. The number of hydrogen-bond donors (Lipinski definition) is 1. The summed E-state index contributed by atoms with van der Waals surface area (Å²) >= 11 is 6.25. The van der Waals surface area contributed by atoms with Gasteiger partial charge in [0.05, 0.1) is 29.7 Å². The average Bonchev–Trinajstić information content (AvgIpc) is 2.97. The van der Waals surface area contributed by atoms with E-state index < -0.39 is 49.9 Å². The molecule has 0 aliphatic carbocycles. The summed E-state index contributed by atoms with van der Waals surface area (Å²) in [6.07, 6.45) is 0. The molecule has 0 aliphatic heterocycles. The number of amides is 2. The van der Waals surface area contributed by atoms with Crippen molar-refractivity contribution >= 4 is 44.8 Å². The fraction of sp³-hybridized carbons (Fsp3) is 0.333. The molecule has 1 unspecified atom stereocenters. The number of ether oxygens (including phenoxy) is 2. The van der Waals surface area contributed by atoms with Gasteiger partial charge in [-0.3, -0.25) is 24.0 Å². The van der Waals surface area contributed by atoms with Gasteiger partial charge in [-0.25, -0.2) is 8.42 Å². The molecule has 0 heterocycles. The van der Waals surface area contributed by atoms with Gasteiger partial charge < -0.3 is 19.7 Å². The van der Waals surface area contributed by atoms with Crippen molar-refractivity contribution in [1.29, 1.82) is 0 Å². The summed E-state index contributed by atoms with van der Waals surface area (Å²) < 4.78 is 39.9. The van der Waals surface area contributed by atoms with Crippen LogP contribution in [0.25, 0.3) is 0 Å². The molecule has 1 N–H and O–H groups in total. The Kier molecular flexibility index (Phi) is 11.2. The van der Waals surface area contributed by atoms with Crippen LogP contribution in [-0.4, -0.2) is 62.9 Å². The Morgan fingerprint density at radius 2 is 1.73 bits per heavy atom. The molecule has 3 aromatic rings. The average molecular weight is 647 g/mol. The van der Waals surface area contributed by atoms with Crippen molar-refractivity contribution in [2.24, 2.45) is 0 Å². The number of rotatable bonds is 13. The molecule has 0 saturated carbocycles.